The van der Waals surface area contributed by atoms with Crippen LogP contribution in [0.5, 0.6) is 0 Å². The maximum absolute atomic E-state index is 5.51. The smallest absolute Gasteiger partial charge is 0.0885 e. The summed E-state index contributed by atoms with van der Waals surface area (Å²) >= 11 is 0. The molecule has 0 saturated carbocycles. The molecule has 0 aliphatic heterocycles. The zero-order valence-corrected chi connectivity index (χ0v) is 10.1. The lowest BCUT2D eigenvalue weighted by Gasteiger charge is -2.06. The van der Waals surface area contributed by atoms with Crippen LogP contribution in [0.4, 0.5) is 0 Å². The van der Waals surface area contributed by atoms with Crippen molar-refractivity contribution in [2.75, 3.05) is 6.54 Å². The fraction of sp³-hybridized carbons (Fsp3) is 0.385. The van der Waals surface area contributed by atoms with Gasteiger partial charge in [-0.2, -0.15) is 0 Å². The molecule has 1 aromatic carbocycles. The molecule has 2 rings (SSSR count). The molecule has 1 heterocycles. The molecule has 90 valence electrons. The fourth-order valence-corrected chi connectivity index (χ4v) is 1.80. The van der Waals surface area contributed by atoms with Crippen molar-refractivity contribution >= 4 is 0 Å². The van der Waals surface area contributed by atoms with Crippen LogP contribution in [0.3, 0.4) is 0 Å². The van der Waals surface area contributed by atoms with E-state index in [1.807, 2.05) is 4.68 Å². The van der Waals surface area contributed by atoms with E-state index in [-0.39, 0.29) is 0 Å². The molecule has 0 aliphatic rings. The summed E-state index contributed by atoms with van der Waals surface area (Å²) in [6.45, 7) is 3.65. The highest BCUT2D eigenvalue weighted by Crippen LogP contribution is 2.18. The Morgan fingerprint density at radius 2 is 2.00 bits per heavy atom. The summed E-state index contributed by atoms with van der Waals surface area (Å²) in [5, 5.41) is 8.05. The lowest BCUT2D eigenvalue weighted by Crippen LogP contribution is -2.08. The monoisotopic (exact) mass is 230 g/mol. The van der Waals surface area contributed by atoms with Crippen molar-refractivity contribution in [2.24, 2.45) is 5.73 Å². The average Bonchev–Trinajstić information content (AvgIpc) is 2.84. The number of hydrogen-bond acceptors (Lipinski definition) is 3. The largest absolute Gasteiger partial charge is 0.330 e. The molecule has 17 heavy (non-hydrogen) atoms. The highest BCUT2D eigenvalue weighted by molar-refractivity contribution is 5.58. The van der Waals surface area contributed by atoms with E-state index in [0.29, 0.717) is 6.54 Å². The highest BCUT2D eigenvalue weighted by atomic mass is 15.4. The van der Waals surface area contributed by atoms with E-state index < -0.39 is 0 Å². The van der Waals surface area contributed by atoms with Crippen molar-refractivity contribution in [1.29, 1.82) is 0 Å². The number of benzene rings is 1. The molecule has 0 bridgehead atoms. The molecular weight excluding hydrogens is 212 g/mol. The van der Waals surface area contributed by atoms with E-state index in [2.05, 4.69) is 41.5 Å². The van der Waals surface area contributed by atoms with E-state index in [0.717, 1.165) is 30.6 Å². The van der Waals surface area contributed by atoms with Crippen LogP contribution in [0.25, 0.3) is 11.3 Å². The van der Waals surface area contributed by atoms with Crippen molar-refractivity contribution in [3.05, 3.63) is 36.0 Å². The molecule has 1 aromatic heterocycles. The van der Waals surface area contributed by atoms with Gasteiger partial charge in [-0.1, -0.05) is 36.4 Å². The number of aromatic nitrogens is 3. The summed E-state index contributed by atoms with van der Waals surface area (Å²) in [4.78, 5) is 0. The second kappa shape index (κ2) is 5.59. The van der Waals surface area contributed by atoms with Crippen LogP contribution in [0.1, 0.15) is 18.9 Å². The predicted octanol–water partition coefficient (Wildman–Crippen LogP) is 1.86. The Kier molecular flexibility index (Phi) is 3.88. The molecule has 0 amide bonds. The number of hydrogen-bond donors (Lipinski definition) is 1. The van der Waals surface area contributed by atoms with Crippen LogP contribution in [0, 0.1) is 0 Å². The third-order valence-electron chi connectivity index (χ3n) is 2.85. The van der Waals surface area contributed by atoms with Gasteiger partial charge in [0.05, 0.1) is 11.9 Å². The average molecular weight is 230 g/mol. The first kappa shape index (κ1) is 11.8. The quantitative estimate of drug-likeness (QED) is 0.853. The highest BCUT2D eigenvalue weighted by Gasteiger charge is 2.05. The van der Waals surface area contributed by atoms with Gasteiger partial charge in [0.25, 0.3) is 0 Å². The molecule has 4 heteroatoms. The fourth-order valence-electron chi connectivity index (χ4n) is 1.80. The van der Waals surface area contributed by atoms with Crippen LogP contribution in [-0.2, 0) is 13.0 Å². The summed E-state index contributed by atoms with van der Waals surface area (Å²) in [7, 11) is 0. The molecule has 2 aromatic rings. The van der Waals surface area contributed by atoms with Gasteiger partial charge in [-0.25, -0.2) is 4.68 Å². The summed E-state index contributed by atoms with van der Waals surface area (Å²) in [6, 6.07) is 8.54. The molecule has 0 atom stereocenters. The summed E-state index contributed by atoms with van der Waals surface area (Å²) < 4.78 is 1.91. The maximum atomic E-state index is 5.51. The van der Waals surface area contributed by atoms with Crippen molar-refractivity contribution in [3.63, 3.8) is 0 Å². The van der Waals surface area contributed by atoms with E-state index >= 15 is 0 Å². The lowest BCUT2D eigenvalue weighted by molar-refractivity contribution is 0.569. The third-order valence-corrected chi connectivity index (χ3v) is 2.85. The second-order valence-corrected chi connectivity index (χ2v) is 4.04. The number of nitrogens with two attached hydrogens (primary N) is 1. The van der Waals surface area contributed by atoms with Gasteiger partial charge in [-0.05, 0) is 24.9 Å². The second-order valence-electron chi connectivity index (χ2n) is 4.04. The van der Waals surface area contributed by atoms with E-state index in [9.17, 15) is 0 Å². The van der Waals surface area contributed by atoms with Gasteiger partial charge in [0, 0.05) is 12.1 Å². The van der Waals surface area contributed by atoms with Crippen molar-refractivity contribution in [1.82, 2.24) is 15.0 Å². The number of aryl methyl sites for hydroxylation is 2. The normalized spacial score (nSPS) is 10.7. The lowest BCUT2D eigenvalue weighted by atomic mass is 10.1. The van der Waals surface area contributed by atoms with Gasteiger partial charge < -0.3 is 5.73 Å². The summed E-state index contributed by atoms with van der Waals surface area (Å²) in [6.07, 6.45) is 3.78. The van der Waals surface area contributed by atoms with Crippen molar-refractivity contribution in [2.45, 2.75) is 26.3 Å². The first-order chi connectivity index (χ1) is 8.35. The zero-order valence-electron chi connectivity index (χ0n) is 10.1. The van der Waals surface area contributed by atoms with Crippen molar-refractivity contribution in [3.8, 4) is 11.3 Å². The SMILES string of the molecule is CCc1ccc(-c2cnnn2CCCN)cc1. The summed E-state index contributed by atoms with van der Waals surface area (Å²) in [5.74, 6) is 0. The Labute approximate surface area is 101 Å². The van der Waals surface area contributed by atoms with Crippen LogP contribution in [0.2, 0.25) is 0 Å². The molecule has 0 unspecified atom stereocenters. The molecule has 4 nitrogen and oxygen atoms in total. The Morgan fingerprint density at radius 3 is 2.65 bits per heavy atom. The van der Waals surface area contributed by atoms with Gasteiger partial charge in [-0.15, -0.1) is 5.10 Å². The summed E-state index contributed by atoms with van der Waals surface area (Å²) in [5.41, 5.74) is 9.07. The van der Waals surface area contributed by atoms with Gasteiger partial charge in [0.15, 0.2) is 0 Å². The maximum Gasteiger partial charge on any atom is 0.0885 e. The third kappa shape index (κ3) is 2.71. The minimum absolute atomic E-state index is 0.675. The van der Waals surface area contributed by atoms with Crippen LogP contribution < -0.4 is 5.73 Å². The zero-order chi connectivity index (χ0) is 12.1. The van der Waals surface area contributed by atoms with Gasteiger partial charge in [0.1, 0.15) is 0 Å². The Hall–Kier alpha value is -1.68. The number of nitrogens with zero attached hydrogens (tertiary/aromatic N) is 3. The molecule has 2 N–H and O–H groups in total. The Balaban J connectivity index is 2.23. The molecular formula is C13H18N4. The van der Waals surface area contributed by atoms with Crippen LogP contribution in [-0.4, -0.2) is 21.5 Å². The minimum atomic E-state index is 0.675. The predicted molar refractivity (Wildman–Crippen MR) is 68.5 cm³/mol. The Morgan fingerprint density at radius 1 is 1.24 bits per heavy atom. The van der Waals surface area contributed by atoms with Crippen LogP contribution in [0.15, 0.2) is 30.5 Å². The van der Waals surface area contributed by atoms with E-state index in [1.165, 1.54) is 5.56 Å². The van der Waals surface area contributed by atoms with E-state index in [4.69, 9.17) is 5.73 Å². The molecule has 0 radical (unpaired) electrons. The first-order valence-corrected chi connectivity index (χ1v) is 6.03. The van der Waals surface area contributed by atoms with Crippen LogP contribution >= 0.6 is 0 Å². The first-order valence-electron chi connectivity index (χ1n) is 6.03. The minimum Gasteiger partial charge on any atom is -0.330 e. The van der Waals surface area contributed by atoms with Gasteiger partial charge >= 0.3 is 0 Å². The van der Waals surface area contributed by atoms with E-state index in [1.54, 1.807) is 6.20 Å². The van der Waals surface area contributed by atoms with Gasteiger partial charge in [-0.3, -0.25) is 0 Å². The Bertz CT molecular complexity index is 459. The standard InChI is InChI=1S/C13H18N4/c1-2-11-4-6-12(7-5-11)13-10-15-16-17(13)9-3-8-14/h4-7,10H,2-3,8-9,14H2,1H3. The number of rotatable bonds is 5. The molecule has 0 spiro atoms. The van der Waals surface area contributed by atoms with Crippen molar-refractivity contribution < 1.29 is 0 Å². The molecule has 0 aliphatic carbocycles. The molecule has 0 saturated heterocycles. The van der Waals surface area contributed by atoms with Gasteiger partial charge in [0.2, 0.25) is 0 Å². The molecule has 0 fully saturated rings. The topological polar surface area (TPSA) is 56.7 Å².